The van der Waals surface area contributed by atoms with E-state index in [4.69, 9.17) is 5.73 Å². The van der Waals surface area contributed by atoms with Gasteiger partial charge in [-0.2, -0.15) is 0 Å². The number of primary amides is 1. The fraction of sp³-hybridized carbons (Fsp3) is 0.778. The van der Waals surface area contributed by atoms with E-state index in [1.54, 1.807) is 0 Å². The van der Waals surface area contributed by atoms with E-state index in [0.29, 0.717) is 12.5 Å². The smallest absolute Gasteiger partial charge is 0.232 e. The van der Waals surface area contributed by atoms with Crippen molar-refractivity contribution in [2.75, 3.05) is 6.54 Å². The molecule has 1 aliphatic rings. The third kappa shape index (κ3) is 2.20. The summed E-state index contributed by atoms with van der Waals surface area (Å²) < 4.78 is 0. The Kier molecular flexibility index (Phi) is 2.90. The second-order valence-electron chi connectivity index (χ2n) is 4.01. The van der Waals surface area contributed by atoms with Gasteiger partial charge in [0.05, 0.1) is 0 Å². The Labute approximate surface area is 77.9 Å². The Morgan fingerprint density at radius 3 is 2.77 bits per heavy atom. The molecule has 0 aromatic carbocycles. The maximum absolute atomic E-state index is 11.2. The molecule has 2 unspecified atom stereocenters. The minimum atomic E-state index is -0.609. The van der Waals surface area contributed by atoms with Gasteiger partial charge >= 0.3 is 0 Å². The molecule has 0 spiro atoms. The standard InChI is InChI=1S/C9H16N2O2/c1-5(2)3-6-4-11-9(13)7(6)8(10)12/h5-7H,3-4H2,1-2H3,(H2,10,12)(H,11,13). The highest BCUT2D eigenvalue weighted by molar-refractivity contribution is 6.01. The van der Waals surface area contributed by atoms with E-state index >= 15 is 0 Å². The van der Waals surface area contributed by atoms with E-state index in [9.17, 15) is 9.59 Å². The molecule has 1 fully saturated rings. The van der Waals surface area contributed by atoms with Gasteiger partial charge in [0.15, 0.2) is 0 Å². The third-order valence-corrected chi connectivity index (χ3v) is 2.37. The molecule has 0 radical (unpaired) electrons. The van der Waals surface area contributed by atoms with Gasteiger partial charge in [0.1, 0.15) is 5.92 Å². The highest BCUT2D eigenvalue weighted by Crippen LogP contribution is 2.24. The first-order valence-corrected chi connectivity index (χ1v) is 4.59. The predicted molar refractivity (Wildman–Crippen MR) is 48.6 cm³/mol. The van der Waals surface area contributed by atoms with Gasteiger partial charge in [-0.25, -0.2) is 0 Å². The van der Waals surface area contributed by atoms with Gasteiger partial charge in [0.2, 0.25) is 11.8 Å². The van der Waals surface area contributed by atoms with Crippen LogP contribution < -0.4 is 11.1 Å². The summed E-state index contributed by atoms with van der Waals surface area (Å²) in [5.41, 5.74) is 5.15. The molecule has 0 bridgehead atoms. The molecular formula is C9H16N2O2. The predicted octanol–water partition coefficient (Wildman–Crippen LogP) is -0.120. The molecule has 74 valence electrons. The Bertz CT molecular complexity index is 226. The normalized spacial score (nSPS) is 27.8. The van der Waals surface area contributed by atoms with Crippen molar-refractivity contribution in [2.45, 2.75) is 20.3 Å². The van der Waals surface area contributed by atoms with Crippen LogP contribution >= 0.6 is 0 Å². The van der Waals surface area contributed by atoms with Crippen molar-refractivity contribution in [3.05, 3.63) is 0 Å². The lowest BCUT2D eigenvalue weighted by Gasteiger charge is -2.15. The van der Waals surface area contributed by atoms with E-state index in [-0.39, 0.29) is 11.8 Å². The highest BCUT2D eigenvalue weighted by atomic mass is 16.2. The SMILES string of the molecule is CC(C)CC1CNC(=O)C1C(N)=O. The molecule has 2 amide bonds. The van der Waals surface area contributed by atoms with Crippen LogP contribution in [-0.4, -0.2) is 18.4 Å². The molecule has 1 rings (SSSR count). The van der Waals surface area contributed by atoms with Gasteiger partial charge in [0, 0.05) is 6.54 Å². The monoisotopic (exact) mass is 184 g/mol. The zero-order chi connectivity index (χ0) is 10.0. The molecule has 1 aliphatic heterocycles. The van der Waals surface area contributed by atoms with Gasteiger partial charge in [-0.05, 0) is 18.3 Å². The van der Waals surface area contributed by atoms with E-state index in [0.717, 1.165) is 6.42 Å². The average molecular weight is 184 g/mol. The second kappa shape index (κ2) is 3.77. The van der Waals surface area contributed by atoms with E-state index in [1.807, 2.05) is 0 Å². The van der Waals surface area contributed by atoms with Crippen LogP contribution in [0.2, 0.25) is 0 Å². The average Bonchev–Trinajstić information content (AvgIpc) is 2.30. The van der Waals surface area contributed by atoms with Gasteiger partial charge in [-0.15, -0.1) is 0 Å². The molecule has 4 heteroatoms. The second-order valence-corrected chi connectivity index (χ2v) is 4.01. The maximum atomic E-state index is 11.2. The minimum absolute atomic E-state index is 0.0880. The van der Waals surface area contributed by atoms with Gasteiger partial charge in [-0.3, -0.25) is 9.59 Å². The number of nitrogens with two attached hydrogens (primary N) is 1. The molecule has 4 nitrogen and oxygen atoms in total. The summed E-state index contributed by atoms with van der Waals surface area (Å²) in [6.07, 6.45) is 0.867. The van der Waals surface area contributed by atoms with Gasteiger partial charge in [-0.1, -0.05) is 13.8 Å². The molecule has 1 heterocycles. The van der Waals surface area contributed by atoms with Crippen molar-refractivity contribution in [2.24, 2.45) is 23.5 Å². The minimum Gasteiger partial charge on any atom is -0.369 e. The summed E-state index contributed by atoms with van der Waals surface area (Å²) in [4.78, 5) is 22.2. The Morgan fingerprint density at radius 2 is 2.31 bits per heavy atom. The molecule has 0 aromatic rings. The fourth-order valence-corrected chi connectivity index (χ4v) is 1.86. The summed E-state index contributed by atoms with van der Waals surface area (Å²) in [7, 11) is 0. The quantitative estimate of drug-likeness (QED) is 0.600. The largest absolute Gasteiger partial charge is 0.369 e. The number of carbonyl (C=O) groups excluding carboxylic acids is 2. The summed E-state index contributed by atoms with van der Waals surface area (Å²) in [6, 6.07) is 0. The van der Waals surface area contributed by atoms with Gasteiger partial charge < -0.3 is 11.1 Å². The molecular weight excluding hydrogens is 168 g/mol. The lowest BCUT2D eigenvalue weighted by atomic mass is 9.87. The molecule has 0 saturated carbocycles. The lowest BCUT2D eigenvalue weighted by molar-refractivity contribution is -0.132. The van der Waals surface area contributed by atoms with Crippen LogP contribution in [0.4, 0.5) is 0 Å². The first-order valence-electron chi connectivity index (χ1n) is 4.59. The van der Waals surface area contributed by atoms with Crippen molar-refractivity contribution >= 4 is 11.8 Å². The highest BCUT2D eigenvalue weighted by Gasteiger charge is 2.38. The van der Waals surface area contributed by atoms with E-state index in [1.165, 1.54) is 0 Å². The maximum Gasteiger partial charge on any atom is 0.232 e. The molecule has 2 atom stereocenters. The zero-order valence-corrected chi connectivity index (χ0v) is 8.04. The van der Waals surface area contributed by atoms with Crippen molar-refractivity contribution in [3.63, 3.8) is 0 Å². The van der Waals surface area contributed by atoms with Crippen molar-refractivity contribution < 1.29 is 9.59 Å². The van der Waals surface area contributed by atoms with Crippen LogP contribution in [0.5, 0.6) is 0 Å². The molecule has 3 N–H and O–H groups in total. The lowest BCUT2D eigenvalue weighted by Crippen LogP contribution is -2.33. The molecule has 1 saturated heterocycles. The summed E-state index contributed by atoms with van der Waals surface area (Å²) in [5, 5.41) is 2.67. The first kappa shape index (κ1) is 10.0. The topological polar surface area (TPSA) is 72.2 Å². The summed E-state index contributed by atoms with van der Waals surface area (Å²) in [5.74, 6) is -0.745. The van der Waals surface area contributed by atoms with E-state index < -0.39 is 11.8 Å². The van der Waals surface area contributed by atoms with Crippen LogP contribution in [0.3, 0.4) is 0 Å². The Hall–Kier alpha value is -1.06. The summed E-state index contributed by atoms with van der Waals surface area (Å²) >= 11 is 0. The molecule has 0 aliphatic carbocycles. The number of nitrogens with one attached hydrogen (secondary N) is 1. The van der Waals surface area contributed by atoms with Crippen LogP contribution in [0, 0.1) is 17.8 Å². The summed E-state index contributed by atoms with van der Waals surface area (Å²) in [6.45, 7) is 4.73. The fourth-order valence-electron chi connectivity index (χ4n) is 1.86. The van der Waals surface area contributed by atoms with Crippen LogP contribution in [0.15, 0.2) is 0 Å². The van der Waals surface area contributed by atoms with Crippen molar-refractivity contribution in [3.8, 4) is 0 Å². The van der Waals surface area contributed by atoms with E-state index in [2.05, 4.69) is 19.2 Å². The first-order chi connectivity index (χ1) is 6.02. The number of hydrogen-bond donors (Lipinski definition) is 2. The third-order valence-electron chi connectivity index (χ3n) is 2.37. The van der Waals surface area contributed by atoms with Crippen LogP contribution in [-0.2, 0) is 9.59 Å². The Balaban J connectivity index is 2.64. The number of carbonyl (C=O) groups is 2. The number of amides is 2. The number of hydrogen-bond acceptors (Lipinski definition) is 2. The molecule has 0 aromatic heterocycles. The van der Waals surface area contributed by atoms with Crippen molar-refractivity contribution in [1.82, 2.24) is 5.32 Å². The zero-order valence-electron chi connectivity index (χ0n) is 8.04. The molecule has 13 heavy (non-hydrogen) atoms. The Morgan fingerprint density at radius 1 is 1.69 bits per heavy atom. The number of rotatable bonds is 3. The van der Waals surface area contributed by atoms with Gasteiger partial charge in [0.25, 0.3) is 0 Å². The van der Waals surface area contributed by atoms with Crippen LogP contribution in [0.25, 0.3) is 0 Å². The van der Waals surface area contributed by atoms with Crippen LogP contribution in [0.1, 0.15) is 20.3 Å². The van der Waals surface area contributed by atoms with Crippen molar-refractivity contribution in [1.29, 1.82) is 0 Å².